The predicted molar refractivity (Wildman–Crippen MR) is 132 cm³/mol. The molecule has 0 bridgehead atoms. The third-order valence-corrected chi connectivity index (χ3v) is 6.58. The highest BCUT2D eigenvalue weighted by Crippen LogP contribution is 2.30. The van der Waals surface area contributed by atoms with E-state index in [1.165, 1.54) is 28.7 Å². The number of amides is 1. The summed E-state index contributed by atoms with van der Waals surface area (Å²) in [7, 11) is 0. The van der Waals surface area contributed by atoms with Crippen molar-refractivity contribution in [3.63, 3.8) is 0 Å². The maximum Gasteiger partial charge on any atom is 0.260 e. The molecule has 1 amide bonds. The normalized spacial score (nSPS) is 10.9. The predicted octanol–water partition coefficient (Wildman–Crippen LogP) is 4.39. The van der Waals surface area contributed by atoms with Crippen molar-refractivity contribution in [2.75, 3.05) is 18.9 Å². The maximum atomic E-state index is 12.7. The lowest BCUT2D eigenvalue weighted by atomic mass is 10.1. The van der Waals surface area contributed by atoms with Crippen LogP contribution in [0.4, 0.5) is 0 Å². The van der Waals surface area contributed by atoms with E-state index in [0.717, 1.165) is 16.9 Å². The Kier molecular flexibility index (Phi) is 7.24. The molecule has 0 radical (unpaired) electrons. The summed E-state index contributed by atoms with van der Waals surface area (Å²) in [5.74, 6) is 2.02. The molecule has 0 spiro atoms. The summed E-state index contributed by atoms with van der Waals surface area (Å²) in [4.78, 5) is 32.9. The van der Waals surface area contributed by atoms with Gasteiger partial charge in [0.15, 0.2) is 0 Å². The fraction of sp³-hybridized carbons (Fsp3) is 0.208. The van der Waals surface area contributed by atoms with E-state index in [-0.39, 0.29) is 17.2 Å². The Bertz CT molecular complexity index is 1250. The highest BCUT2D eigenvalue weighted by atomic mass is 32.2. The van der Waals surface area contributed by atoms with E-state index in [0.29, 0.717) is 34.9 Å². The topological polar surface area (TPSA) is 84.1 Å². The van der Waals surface area contributed by atoms with Crippen molar-refractivity contribution >= 4 is 39.2 Å². The number of ether oxygens (including phenoxy) is 1. The number of hydrogen-bond acceptors (Lipinski definition) is 6. The molecule has 0 aliphatic heterocycles. The summed E-state index contributed by atoms with van der Waals surface area (Å²) in [6.45, 7) is 2.87. The van der Waals surface area contributed by atoms with Gasteiger partial charge in [-0.2, -0.15) is 0 Å². The minimum atomic E-state index is -0.150. The molecule has 32 heavy (non-hydrogen) atoms. The smallest absolute Gasteiger partial charge is 0.260 e. The lowest BCUT2D eigenvalue weighted by molar-refractivity contribution is -0.118. The first kappa shape index (κ1) is 22.1. The third-order valence-electron chi connectivity index (χ3n) is 4.76. The first-order valence-electron chi connectivity index (χ1n) is 10.2. The molecule has 0 saturated carbocycles. The van der Waals surface area contributed by atoms with Crippen LogP contribution in [0.3, 0.4) is 0 Å². The molecule has 0 atom stereocenters. The van der Waals surface area contributed by atoms with Gasteiger partial charge in [-0.05, 0) is 24.6 Å². The summed E-state index contributed by atoms with van der Waals surface area (Å²) in [6, 6.07) is 17.6. The van der Waals surface area contributed by atoms with Crippen LogP contribution in [-0.2, 0) is 10.5 Å². The number of aryl methyl sites for hydroxylation is 1. The molecule has 0 saturated heterocycles. The van der Waals surface area contributed by atoms with Crippen LogP contribution in [0, 0.1) is 6.92 Å². The van der Waals surface area contributed by atoms with Crippen molar-refractivity contribution in [1.82, 2.24) is 15.3 Å². The second-order valence-electron chi connectivity index (χ2n) is 7.21. The molecular weight excluding hydrogens is 442 g/mol. The number of rotatable bonds is 9. The van der Waals surface area contributed by atoms with E-state index in [1.54, 1.807) is 0 Å². The number of aromatic amines is 1. The number of thioether (sulfide) groups is 1. The maximum absolute atomic E-state index is 12.7. The Balaban J connectivity index is 1.26. The lowest BCUT2D eigenvalue weighted by Crippen LogP contribution is -2.29. The van der Waals surface area contributed by atoms with Crippen LogP contribution in [-0.4, -0.2) is 34.8 Å². The molecule has 2 aromatic heterocycles. The number of carbonyl (C=O) groups is 1. The summed E-state index contributed by atoms with van der Waals surface area (Å²) < 4.78 is 5.60. The van der Waals surface area contributed by atoms with Crippen LogP contribution in [0.1, 0.15) is 11.4 Å². The van der Waals surface area contributed by atoms with Crippen molar-refractivity contribution in [3.05, 3.63) is 81.7 Å². The van der Waals surface area contributed by atoms with Crippen molar-refractivity contribution in [1.29, 1.82) is 0 Å². The fourth-order valence-corrected chi connectivity index (χ4v) is 4.86. The number of benzene rings is 2. The van der Waals surface area contributed by atoms with Crippen LogP contribution < -0.4 is 15.6 Å². The molecule has 2 N–H and O–H groups in total. The van der Waals surface area contributed by atoms with Crippen LogP contribution in [0.5, 0.6) is 5.75 Å². The highest BCUT2D eigenvalue weighted by Gasteiger charge is 2.13. The molecule has 0 aliphatic carbocycles. The molecule has 164 valence electrons. The highest BCUT2D eigenvalue weighted by molar-refractivity contribution is 7.99. The zero-order chi connectivity index (χ0) is 22.3. The summed E-state index contributed by atoms with van der Waals surface area (Å²) in [6.07, 6.45) is 0. The van der Waals surface area contributed by atoms with Crippen molar-refractivity contribution < 1.29 is 9.53 Å². The van der Waals surface area contributed by atoms with E-state index in [2.05, 4.69) is 15.3 Å². The Morgan fingerprint density at radius 1 is 1.16 bits per heavy atom. The molecule has 0 aliphatic rings. The number of carbonyl (C=O) groups excluding carboxylic acids is 1. The number of aromatic nitrogens is 2. The average molecular weight is 466 g/mol. The number of thiophene rings is 1. The number of hydrogen-bond donors (Lipinski definition) is 2. The minimum Gasteiger partial charge on any atom is -0.492 e. The summed E-state index contributed by atoms with van der Waals surface area (Å²) >= 11 is 2.87. The van der Waals surface area contributed by atoms with Gasteiger partial charge in [-0.15, -0.1) is 23.1 Å². The molecule has 2 aromatic carbocycles. The second-order valence-corrected chi connectivity index (χ2v) is 9.06. The molecule has 8 heteroatoms. The largest absolute Gasteiger partial charge is 0.492 e. The standard InChI is InChI=1S/C24H23N3O3S2/c1-16-7-9-18(10-8-16)30-12-11-25-21(28)15-31-14-20-26-23(29)22-19(13-32-24(22)27-20)17-5-3-2-4-6-17/h2-10,13H,11-12,14-15H2,1H3,(H,25,28)(H,26,27,29). The van der Waals surface area contributed by atoms with E-state index < -0.39 is 0 Å². The zero-order valence-electron chi connectivity index (χ0n) is 17.6. The molecule has 0 unspecified atom stereocenters. The van der Waals surface area contributed by atoms with Crippen molar-refractivity contribution in [3.8, 4) is 16.9 Å². The SMILES string of the molecule is Cc1ccc(OCCNC(=O)CSCc2nc3scc(-c4ccccc4)c3c(=O)[nH]2)cc1. The number of nitrogens with one attached hydrogen (secondary N) is 2. The van der Waals surface area contributed by atoms with Gasteiger partial charge in [0.2, 0.25) is 5.91 Å². The van der Waals surface area contributed by atoms with Crippen LogP contribution in [0.25, 0.3) is 21.3 Å². The van der Waals surface area contributed by atoms with Gasteiger partial charge in [0.05, 0.1) is 23.4 Å². The zero-order valence-corrected chi connectivity index (χ0v) is 19.2. The van der Waals surface area contributed by atoms with E-state index >= 15 is 0 Å². The molecule has 6 nitrogen and oxygen atoms in total. The first-order valence-corrected chi connectivity index (χ1v) is 12.2. The van der Waals surface area contributed by atoms with Gasteiger partial charge in [0, 0.05) is 10.9 Å². The van der Waals surface area contributed by atoms with Gasteiger partial charge in [-0.1, -0.05) is 48.0 Å². The van der Waals surface area contributed by atoms with Gasteiger partial charge in [0.25, 0.3) is 5.56 Å². The summed E-state index contributed by atoms with van der Waals surface area (Å²) in [5, 5.41) is 5.41. The van der Waals surface area contributed by atoms with E-state index in [9.17, 15) is 9.59 Å². The first-order chi connectivity index (χ1) is 15.6. The van der Waals surface area contributed by atoms with Gasteiger partial charge in [0.1, 0.15) is 23.0 Å². The summed E-state index contributed by atoms with van der Waals surface area (Å²) in [5.41, 5.74) is 2.92. The number of H-pyrrole nitrogens is 1. The Hall–Kier alpha value is -3.10. The van der Waals surface area contributed by atoms with E-state index in [1.807, 2.05) is 66.9 Å². The Morgan fingerprint density at radius 2 is 1.94 bits per heavy atom. The second kappa shape index (κ2) is 10.5. The Labute approximate surface area is 194 Å². The molecule has 4 aromatic rings. The number of nitrogens with zero attached hydrogens (tertiary/aromatic N) is 1. The van der Waals surface area contributed by atoms with Gasteiger partial charge in [-0.3, -0.25) is 9.59 Å². The third kappa shape index (κ3) is 5.57. The molecule has 4 rings (SSSR count). The monoisotopic (exact) mass is 465 g/mol. The number of fused-ring (bicyclic) bond motifs is 1. The lowest BCUT2D eigenvalue weighted by Gasteiger charge is -2.08. The van der Waals surface area contributed by atoms with Gasteiger partial charge >= 0.3 is 0 Å². The van der Waals surface area contributed by atoms with Crippen LogP contribution >= 0.6 is 23.1 Å². The van der Waals surface area contributed by atoms with Gasteiger partial charge in [-0.25, -0.2) is 4.98 Å². The van der Waals surface area contributed by atoms with Crippen LogP contribution in [0.2, 0.25) is 0 Å². The van der Waals surface area contributed by atoms with Crippen molar-refractivity contribution in [2.45, 2.75) is 12.7 Å². The molecule has 0 fully saturated rings. The van der Waals surface area contributed by atoms with Crippen molar-refractivity contribution in [2.24, 2.45) is 0 Å². The molecular formula is C24H23N3O3S2. The van der Waals surface area contributed by atoms with Crippen LogP contribution in [0.15, 0.2) is 64.8 Å². The quantitative estimate of drug-likeness (QED) is 0.358. The molecule has 2 heterocycles. The van der Waals surface area contributed by atoms with Gasteiger partial charge < -0.3 is 15.0 Å². The average Bonchev–Trinajstić information content (AvgIpc) is 3.23. The minimum absolute atomic E-state index is 0.0755. The van der Waals surface area contributed by atoms with E-state index in [4.69, 9.17) is 4.74 Å². The fourth-order valence-electron chi connectivity index (χ4n) is 3.18. The Morgan fingerprint density at radius 3 is 2.72 bits per heavy atom.